The van der Waals surface area contributed by atoms with Crippen LogP contribution in [0.3, 0.4) is 0 Å². The van der Waals surface area contributed by atoms with Crippen molar-refractivity contribution in [3.63, 3.8) is 0 Å². The summed E-state index contributed by atoms with van der Waals surface area (Å²) in [6.07, 6.45) is 1.63. The number of nitrogens with one attached hydrogen (secondary N) is 1. The van der Waals surface area contributed by atoms with E-state index in [1.165, 1.54) is 0 Å². The monoisotopic (exact) mass is 298 g/mol. The standard InChI is InChI=1S/C15H14N4OS/c1-10-5-3-4-6-13(10)14-17-18-15(21)19(14)16-9-12-8-7-11(2)20-12/h3-9H,1-2H3,(H,18,21). The molecular formula is C15H14N4OS. The predicted molar refractivity (Wildman–Crippen MR) is 84.0 cm³/mol. The number of rotatable bonds is 3. The third-order valence-corrected chi connectivity index (χ3v) is 3.36. The van der Waals surface area contributed by atoms with E-state index in [9.17, 15) is 0 Å². The summed E-state index contributed by atoms with van der Waals surface area (Å²) < 4.78 is 7.49. The second-order valence-corrected chi connectivity index (χ2v) is 5.06. The molecule has 0 aliphatic carbocycles. The molecule has 21 heavy (non-hydrogen) atoms. The minimum atomic E-state index is 0.438. The molecule has 2 heterocycles. The zero-order valence-corrected chi connectivity index (χ0v) is 12.5. The number of hydrogen-bond donors (Lipinski definition) is 1. The van der Waals surface area contributed by atoms with Crippen LogP contribution in [0.5, 0.6) is 0 Å². The van der Waals surface area contributed by atoms with Crippen LogP contribution < -0.4 is 0 Å². The highest BCUT2D eigenvalue weighted by Crippen LogP contribution is 2.21. The van der Waals surface area contributed by atoms with E-state index in [1.807, 2.05) is 50.2 Å². The SMILES string of the molecule is Cc1ccc(C=Nn2c(-c3ccccc3C)n[nH]c2=S)o1. The molecule has 6 heteroatoms. The summed E-state index contributed by atoms with van der Waals surface area (Å²) in [7, 11) is 0. The van der Waals surface area contributed by atoms with E-state index in [1.54, 1.807) is 10.9 Å². The fourth-order valence-corrected chi connectivity index (χ4v) is 2.21. The Morgan fingerprint density at radius 1 is 1.24 bits per heavy atom. The van der Waals surface area contributed by atoms with Gasteiger partial charge >= 0.3 is 0 Å². The molecule has 0 atom stereocenters. The minimum Gasteiger partial charge on any atom is -0.460 e. The van der Waals surface area contributed by atoms with Crippen molar-refractivity contribution in [3.05, 3.63) is 58.3 Å². The maximum Gasteiger partial charge on any atom is 0.216 e. The van der Waals surface area contributed by atoms with Gasteiger partial charge in [0.15, 0.2) is 5.82 Å². The van der Waals surface area contributed by atoms with E-state index in [2.05, 4.69) is 15.3 Å². The van der Waals surface area contributed by atoms with E-state index >= 15 is 0 Å². The van der Waals surface area contributed by atoms with E-state index in [0.29, 0.717) is 16.4 Å². The van der Waals surface area contributed by atoms with Gasteiger partial charge < -0.3 is 4.42 Å². The Morgan fingerprint density at radius 2 is 2.05 bits per heavy atom. The third-order valence-electron chi connectivity index (χ3n) is 3.10. The van der Waals surface area contributed by atoms with Gasteiger partial charge in [-0.1, -0.05) is 24.3 Å². The Morgan fingerprint density at radius 3 is 2.76 bits per heavy atom. The molecule has 1 N–H and O–H groups in total. The van der Waals surface area contributed by atoms with Crippen molar-refractivity contribution in [1.29, 1.82) is 0 Å². The Labute approximate surface area is 126 Å². The first-order chi connectivity index (χ1) is 10.1. The van der Waals surface area contributed by atoms with Crippen LogP contribution in [0.2, 0.25) is 0 Å². The Hall–Kier alpha value is -2.47. The van der Waals surface area contributed by atoms with Gasteiger partial charge in [-0.05, 0) is 43.8 Å². The molecule has 0 amide bonds. The topological polar surface area (TPSA) is 59.1 Å². The quantitative estimate of drug-likeness (QED) is 0.592. The molecule has 0 saturated heterocycles. The molecule has 106 valence electrons. The maximum atomic E-state index is 5.46. The summed E-state index contributed by atoms with van der Waals surface area (Å²) in [5, 5.41) is 11.4. The predicted octanol–water partition coefficient (Wildman–Crippen LogP) is 3.70. The van der Waals surface area contributed by atoms with E-state index in [-0.39, 0.29) is 0 Å². The van der Waals surface area contributed by atoms with Crippen LogP contribution in [0.4, 0.5) is 0 Å². The van der Waals surface area contributed by atoms with Crippen molar-refractivity contribution in [2.45, 2.75) is 13.8 Å². The van der Waals surface area contributed by atoms with Crippen LogP contribution in [0.1, 0.15) is 17.1 Å². The molecule has 0 spiro atoms. The summed E-state index contributed by atoms with van der Waals surface area (Å²) in [6, 6.07) is 11.7. The van der Waals surface area contributed by atoms with Gasteiger partial charge in [-0.2, -0.15) is 14.9 Å². The molecule has 0 aliphatic heterocycles. The summed E-state index contributed by atoms with van der Waals surface area (Å²) >= 11 is 5.24. The first kappa shape index (κ1) is 13.5. The number of H-pyrrole nitrogens is 1. The van der Waals surface area contributed by atoms with Crippen molar-refractivity contribution in [2.75, 3.05) is 0 Å². The van der Waals surface area contributed by atoms with Gasteiger partial charge in [0.1, 0.15) is 11.5 Å². The summed E-state index contributed by atoms with van der Waals surface area (Å²) in [4.78, 5) is 0. The number of benzene rings is 1. The van der Waals surface area contributed by atoms with Gasteiger partial charge in [-0.15, -0.1) is 0 Å². The number of aromatic amines is 1. The second kappa shape index (κ2) is 5.49. The lowest BCUT2D eigenvalue weighted by Gasteiger charge is -2.03. The van der Waals surface area contributed by atoms with Crippen LogP contribution >= 0.6 is 12.2 Å². The number of aryl methyl sites for hydroxylation is 2. The largest absolute Gasteiger partial charge is 0.460 e. The highest BCUT2D eigenvalue weighted by Gasteiger charge is 2.10. The number of hydrogen-bond acceptors (Lipinski definition) is 4. The average molecular weight is 298 g/mol. The van der Waals surface area contributed by atoms with E-state index in [0.717, 1.165) is 16.9 Å². The molecule has 0 unspecified atom stereocenters. The summed E-state index contributed by atoms with van der Waals surface area (Å²) in [6.45, 7) is 3.91. The Bertz CT molecular complexity index is 856. The zero-order valence-electron chi connectivity index (χ0n) is 11.7. The molecule has 0 fully saturated rings. The van der Waals surface area contributed by atoms with Crippen molar-refractivity contribution >= 4 is 18.4 Å². The lowest BCUT2D eigenvalue weighted by Crippen LogP contribution is -1.96. The summed E-state index contributed by atoms with van der Waals surface area (Å²) in [5.41, 5.74) is 2.09. The van der Waals surface area contributed by atoms with Crippen molar-refractivity contribution in [3.8, 4) is 11.4 Å². The Balaban J connectivity index is 2.04. The lowest BCUT2D eigenvalue weighted by molar-refractivity contribution is 0.527. The highest BCUT2D eigenvalue weighted by atomic mass is 32.1. The van der Waals surface area contributed by atoms with Gasteiger partial charge in [0.2, 0.25) is 4.77 Å². The zero-order chi connectivity index (χ0) is 14.8. The third kappa shape index (κ3) is 2.71. The van der Waals surface area contributed by atoms with Gasteiger partial charge in [-0.3, -0.25) is 0 Å². The average Bonchev–Trinajstić information content (AvgIpc) is 3.04. The van der Waals surface area contributed by atoms with Crippen molar-refractivity contribution in [2.24, 2.45) is 5.10 Å². The molecule has 0 aliphatic rings. The molecular weight excluding hydrogens is 284 g/mol. The van der Waals surface area contributed by atoms with Crippen LogP contribution in [0.25, 0.3) is 11.4 Å². The molecule has 0 radical (unpaired) electrons. The van der Waals surface area contributed by atoms with Gasteiger partial charge in [-0.25, -0.2) is 5.10 Å². The lowest BCUT2D eigenvalue weighted by atomic mass is 10.1. The fraction of sp³-hybridized carbons (Fsp3) is 0.133. The fourth-order valence-electron chi connectivity index (χ4n) is 2.03. The number of nitrogens with zero attached hydrogens (tertiary/aromatic N) is 3. The maximum absolute atomic E-state index is 5.46. The van der Waals surface area contributed by atoms with Crippen LogP contribution in [-0.2, 0) is 0 Å². The molecule has 3 aromatic rings. The Kier molecular flexibility index (Phi) is 3.53. The molecule has 0 bridgehead atoms. The van der Waals surface area contributed by atoms with Crippen LogP contribution in [-0.4, -0.2) is 21.1 Å². The number of furan rings is 1. The van der Waals surface area contributed by atoms with Gasteiger partial charge in [0.25, 0.3) is 0 Å². The molecule has 5 nitrogen and oxygen atoms in total. The van der Waals surface area contributed by atoms with E-state index < -0.39 is 0 Å². The van der Waals surface area contributed by atoms with Gasteiger partial charge in [0, 0.05) is 5.56 Å². The smallest absolute Gasteiger partial charge is 0.216 e. The van der Waals surface area contributed by atoms with Crippen LogP contribution in [0.15, 0.2) is 45.9 Å². The molecule has 1 aromatic carbocycles. The van der Waals surface area contributed by atoms with Crippen molar-refractivity contribution in [1.82, 2.24) is 14.9 Å². The van der Waals surface area contributed by atoms with E-state index in [4.69, 9.17) is 16.6 Å². The first-order valence-corrected chi connectivity index (χ1v) is 6.90. The van der Waals surface area contributed by atoms with Crippen LogP contribution in [0, 0.1) is 18.6 Å². The van der Waals surface area contributed by atoms with Crippen molar-refractivity contribution < 1.29 is 4.42 Å². The molecule has 0 saturated carbocycles. The first-order valence-electron chi connectivity index (χ1n) is 6.49. The number of aromatic nitrogens is 3. The highest BCUT2D eigenvalue weighted by molar-refractivity contribution is 7.71. The second-order valence-electron chi connectivity index (χ2n) is 4.67. The molecule has 3 rings (SSSR count). The minimum absolute atomic E-state index is 0.438. The molecule has 2 aromatic heterocycles. The normalized spacial score (nSPS) is 11.3. The van der Waals surface area contributed by atoms with Gasteiger partial charge in [0.05, 0.1) is 6.21 Å². The summed E-state index contributed by atoms with van der Waals surface area (Å²) in [5.74, 6) is 2.19.